The summed E-state index contributed by atoms with van der Waals surface area (Å²) >= 11 is 13.5. The second-order valence-electron chi connectivity index (χ2n) is 4.53. The van der Waals surface area contributed by atoms with Crippen molar-refractivity contribution in [2.24, 2.45) is 0 Å². The first-order valence-electron chi connectivity index (χ1n) is 6.57. The Bertz CT molecular complexity index is 679. The van der Waals surface area contributed by atoms with Gasteiger partial charge in [0.25, 0.3) is 0 Å². The molecule has 2 aromatic carbocycles. The van der Waals surface area contributed by atoms with Crippen LogP contribution in [0.4, 0.5) is 5.69 Å². The average Bonchev–Trinajstić information content (AvgIpc) is 2.52. The van der Waals surface area contributed by atoms with Crippen LogP contribution in [0.15, 0.2) is 47.4 Å². The zero-order valence-electron chi connectivity index (χ0n) is 12.1. The summed E-state index contributed by atoms with van der Waals surface area (Å²) in [5, 5.41) is 3.26. The maximum absolute atomic E-state index is 12.3. The molecular formula is C16H15Cl2NO2S. The number of amides is 1. The van der Waals surface area contributed by atoms with Crippen LogP contribution in [0, 0.1) is 0 Å². The molecule has 0 aromatic heterocycles. The molecule has 1 unspecified atom stereocenters. The third kappa shape index (κ3) is 4.32. The van der Waals surface area contributed by atoms with Gasteiger partial charge in [-0.15, -0.1) is 11.8 Å². The smallest absolute Gasteiger partial charge is 0.237 e. The van der Waals surface area contributed by atoms with Crippen LogP contribution in [-0.2, 0) is 4.79 Å². The second-order valence-corrected chi connectivity index (χ2v) is 6.73. The number of benzene rings is 2. The lowest BCUT2D eigenvalue weighted by Crippen LogP contribution is -2.22. The normalized spacial score (nSPS) is 11.8. The topological polar surface area (TPSA) is 38.3 Å². The summed E-state index contributed by atoms with van der Waals surface area (Å²) in [6.45, 7) is 1.83. The average molecular weight is 356 g/mol. The van der Waals surface area contributed by atoms with Crippen molar-refractivity contribution in [2.45, 2.75) is 17.1 Å². The number of ether oxygens (including phenoxy) is 1. The van der Waals surface area contributed by atoms with Crippen molar-refractivity contribution in [3.63, 3.8) is 0 Å². The van der Waals surface area contributed by atoms with Crippen molar-refractivity contribution in [2.75, 3.05) is 12.4 Å². The predicted octanol–water partition coefficient (Wildman–Crippen LogP) is 5.12. The first-order valence-corrected chi connectivity index (χ1v) is 8.20. The Hall–Kier alpha value is -1.36. The summed E-state index contributed by atoms with van der Waals surface area (Å²) in [7, 11) is 1.61. The van der Waals surface area contributed by atoms with Gasteiger partial charge < -0.3 is 10.1 Å². The van der Waals surface area contributed by atoms with Gasteiger partial charge in [0, 0.05) is 4.90 Å². The molecule has 0 saturated carbocycles. The summed E-state index contributed by atoms with van der Waals surface area (Å²) in [6.07, 6.45) is 0. The van der Waals surface area contributed by atoms with Crippen molar-refractivity contribution >= 4 is 46.6 Å². The summed E-state index contributed by atoms with van der Waals surface area (Å²) in [6, 6.07) is 12.7. The van der Waals surface area contributed by atoms with Gasteiger partial charge in [-0.2, -0.15) is 0 Å². The molecule has 0 spiro atoms. The van der Waals surface area contributed by atoms with E-state index in [2.05, 4.69) is 5.32 Å². The van der Waals surface area contributed by atoms with Gasteiger partial charge in [0.15, 0.2) is 0 Å². The van der Waals surface area contributed by atoms with Crippen molar-refractivity contribution < 1.29 is 9.53 Å². The van der Waals surface area contributed by atoms with E-state index in [9.17, 15) is 4.79 Å². The number of hydrogen-bond acceptors (Lipinski definition) is 3. The Kier molecular flexibility index (Phi) is 6.00. The Balaban J connectivity index is 2.04. The van der Waals surface area contributed by atoms with E-state index < -0.39 is 0 Å². The number of methoxy groups -OCH3 is 1. The molecule has 0 aliphatic carbocycles. The molecule has 0 radical (unpaired) electrons. The molecule has 6 heteroatoms. The number of carbonyl (C=O) groups is 1. The summed E-state index contributed by atoms with van der Waals surface area (Å²) < 4.78 is 5.18. The molecule has 2 aromatic rings. The van der Waals surface area contributed by atoms with Gasteiger partial charge in [-0.05, 0) is 37.3 Å². The first-order chi connectivity index (χ1) is 10.5. The maximum atomic E-state index is 12.3. The standard InChI is InChI=1S/C16H15Cl2NO2S/c1-10(22-12-6-3-5-11(9-12)21-2)16(20)19-14-8-4-7-13(17)15(14)18/h3-10H,1-2H3,(H,19,20). The SMILES string of the molecule is COc1cccc(SC(C)C(=O)Nc2cccc(Cl)c2Cl)c1. The van der Waals surface area contributed by atoms with Crippen LogP contribution in [0.5, 0.6) is 5.75 Å². The van der Waals surface area contributed by atoms with E-state index in [-0.39, 0.29) is 11.2 Å². The molecule has 0 fully saturated rings. The molecule has 22 heavy (non-hydrogen) atoms. The fourth-order valence-corrected chi connectivity index (χ4v) is 3.03. The monoisotopic (exact) mass is 355 g/mol. The number of nitrogens with one attached hydrogen (secondary N) is 1. The van der Waals surface area contributed by atoms with E-state index >= 15 is 0 Å². The second kappa shape index (κ2) is 7.77. The van der Waals surface area contributed by atoms with E-state index in [1.807, 2.05) is 31.2 Å². The van der Waals surface area contributed by atoms with E-state index in [4.69, 9.17) is 27.9 Å². The Morgan fingerprint density at radius 2 is 1.95 bits per heavy atom. The largest absolute Gasteiger partial charge is 0.497 e. The van der Waals surface area contributed by atoms with Crippen molar-refractivity contribution in [3.05, 3.63) is 52.5 Å². The Morgan fingerprint density at radius 3 is 2.68 bits per heavy atom. The van der Waals surface area contributed by atoms with Crippen LogP contribution in [0.2, 0.25) is 10.0 Å². The lowest BCUT2D eigenvalue weighted by Gasteiger charge is -2.13. The highest BCUT2D eigenvalue weighted by atomic mass is 35.5. The van der Waals surface area contributed by atoms with Crippen molar-refractivity contribution in [1.29, 1.82) is 0 Å². The molecular weight excluding hydrogens is 341 g/mol. The summed E-state index contributed by atoms with van der Waals surface area (Å²) in [4.78, 5) is 13.2. The minimum absolute atomic E-state index is 0.142. The molecule has 1 N–H and O–H groups in total. The number of thioether (sulfide) groups is 1. The van der Waals surface area contributed by atoms with E-state index in [0.717, 1.165) is 10.6 Å². The minimum atomic E-state index is -0.290. The summed E-state index contributed by atoms with van der Waals surface area (Å²) in [5.74, 6) is 0.618. The van der Waals surface area contributed by atoms with Gasteiger partial charge in [-0.1, -0.05) is 35.3 Å². The van der Waals surface area contributed by atoms with Gasteiger partial charge in [-0.3, -0.25) is 4.79 Å². The molecule has 116 valence electrons. The molecule has 1 atom stereocenters. The number of halogens is 2. The van der Waals surface area contributed by atoms with Gasteiger partial charge in [0.05, 0.1) is 28.1 Å². The quantitative estimate of drug-likeness (QED) is 0.756. The Morgan fingerprint density at radius 1 is 1.23 bits per heavy atom. The lowest BCUT2D eigenvalue weighted by molar-refractivity contribution is -0.115. The van der Waals surface area contributed by atoms with Crippen molar-refractivity contribution in [3.8, 4) is 5.75 Å². The molecule has 0 aliphatic rings. The van der Waals surface area contributed by atoms with Crippen LogP contribution in [0.25, 0.3) is 0 Å². The highest BCUT2D eigenvalue weighted by Crippen LogP contribution is 2.31. The fraction of sp³-hybridized carbons (Fsp3) is 0.188. The first kappa shape index (κ1) is 17.0. The van der Waals surface area contributed by atoms with E-state index in [1.165, 1.54) is 11.8 Å². The minimum Gasteiger partial charge on any atom is -0.497 e. The number of anilines is 1. The van der Waals surface area contributed by atoms with E-state index in [0.29, 0.717) is 15.7 Å². The molecule has 2 rings (SSSR count). The highest BCUT2D eigenvalue weighted by Gasteiger charge is 2.16. The number of hydrogen-bond donors (Lipinski definition) is 1. The van der Waals surface area contributed by atoms with Crippen LogP contribution in [0.1, 0.15) is 6.92 Å². The van der Waals surface area contributed by atoms with Crippen LogP contribution >= 0.6 is 35.0 Å². The number of rotatable bonds is 5. The fourth-order valence-electron chi connectivity index (χ4n) is 1.77. The zero-order valence-corrected chi connectivity index (χ0v) is 14.4. The third-order valence-electron chi connectivity index (χ3n) is 2.93. The van der Waals surface area contributed by atoms with E-state index in [1.54, 1.807) is 25.3 Å². The van der Waals surface area contributed by atoms with Gasteiger partial charge in [0.2, 0.25) is 5.91 Å². The van der Waals surface area contributed by atoms with Gasteiger partial charge in [0.1, 0.15) is 5.75 Å². The zero-order chi connectivity index (χ0) is 16.1. The van der Waals surface area contributed by atoms with Gasteiger partial charge in [-0.25, -0.2) is 0 Å². The van der Waals surface area contributed by atoms with Crippen LogP contribution in [0.3, 0.4) is 0 Å². The third-order valence-corrected chi connectivity index (χ3v) is 4.85. The van der Waals surface area contributed by atoms with Crippen LogP contribution in [-0.4, -0.2) is 18.3 Å². The van der Waals surface area contributed by atoms with Crippen molar-refractivity contribution in [1.82, 2.24) is 0 Å². The van der Waals surface area contributed by atoms with Crippen LogP contribution < -0.4 is 10.1 Å². The maximum Gasteiger partial charge on any atom is 0.237 e. The molecule has 0 heterocycles. The lowest BCUT2D eigenvalue weighted by atomic mass is 10.3. The number of carbonyl (C=O) groups excluding carboxylic acids is 1. The predicted molar refractivity (Wildman–Crippen MR) is 93.4 cm³/mol. The Labute approximate surface area is 144 Å². The molecule has 3 nitrogen and oxygen atoms in total. The molecule has 0 aliphatic heterocycles. The highest BCUT2D eigenvalue weighted by molar-refractivity contribution is 8.00. The molecule has 0 saturated heterocycles. The van der Waals surface area contributed by atoms with Gasteiger partial charge >= 0.3 is 0 Å². The molecule has 1 amide bonds. The molecule has 0 bridgehead atoms. The summed E-state index contributed by atoms with van der Waals surface area (Å²) in [5.41, 5.74) is 0.511.